The number of aryl methyl sites for hydroxylation is 2. The van der Waals surface area contributed by atoms with Crippen molar-refractivity contribution in [3.8, 4) is 5.75 Å². The highest BCUT2D eigenvalue weighted by Gasteiger charge is 2.05. The Hall–Kier alpha value is -1.71. The average Bonchev–Trinajstić information content (AvgIpc) is 2.09. The summed E-state index contributed by atoms with van der Waals surface area (Å²) in [4.78, 5) is 10.3. The van der Waals surface area contributed by atoms with Gasteiger partial charge in [-0.1, -0.05) is 6.07 Å². The minimum atomic E-state index is -0.997. The molecule has 1 aromatic rings. The molecule has 0 aliphatic heterocycles. The molecule has 0 unspecified atom stereocenters. The van der Waals surface area contributed by atoms with Crippen molar-refractivity contribution < 1.29 is 14.6 Å². The summed E-state index contributed by atoms with van der Waals surface area (Å²) in [5.74, 6) is -0.473. The van der Waals surface area contributed by atoms with Gasteiger partial charge in [-0.25, -0.2) is 4.79 Å². The van der Waals surface area contributed by atoms with Gasteiger partial charge in [-0.05, 0) is 25.0 Å². The van der Waals surface area contributed by atoms with Crippen LogP contribution in [0.15, 0.2) is 12.1 Å². The Morgan fingerprint density at radius 3 is 2.64 bits per heavy atom. The van der Waals surface area contributed by atoms with Gasteiger partial charge in [-0.3, -0.25) is 0 Å². The van der Waals surface area contributed by atoms with Gasteiger partial charge in [-0.2, -0.15) is 0 Å². The van der Waals surface area contributed by atoms with Crippen molar-refractivity contribution in [3.63, 3.8) is 0 Å². The number of rotatable bonds is 3. The van der Waals surface area contributed by atoms with Gasteiger partial charge in [0.05, 0.1) is 0 Å². The molecule has 0 spiro atoms. The topological polar surface area (TPSA) is 72.5 Å². The molecule has 0 heterocycles. The van der Waals surface area contributed by atoms with Crippen molar-refractivity contribution in [2.24, 2.45) is 0 Å². The number of ether oxygens (including phenoxy) is 1. The number of anilines is 1. The molecule has 0 bridgehead atoms. The quantitative estimate of drug-likeness (QED) is 0.714. The summed E-state index contributed by atoms with van der Waals surface area (Å²) in [6, 6.07) is 3.51. The molecule has 1 rings (SSSR count). The molecular weight excluding hydrogens is 182 g/mol. The summed E-state index contributed by atoms with van der Waals surface area (Å²) in [5.41, 5.74) is 8.13. The summed E-state index contributed by atoms with van der Waals surface area (Å²) in [6.07, 6.45) is 0. The summed E-state index contributed by atoms with van der Waals surface area (Å²) in [7, 11) is 0. The van der Waals surface area contributed by atoms with Gasteiger partial charge in [0.15, 0.2) is 6.61 Å². The molecule has 14 heavy (non-hydrogen) atoms. The second kappa shape index (κ2) is 4.00. The van der Waals surface area contributed by atoms with Crippen molar-refractivity contribution in [2.45, 2.75) is 13.8 Å². The Bertz CT molecular complexity index is 361. The van der Waals surface area contributed by atoms with E-state index < -0.39 is 5.97 Å². The van der Waals surface area contributed by atoms with Crippen LogP contribution >= 0.6 is 0 Å². The summed E-state index contributed by atoms with van der Waals surface area (Å²) >= 11 is 0. The van der Waals surface area contributed by atoms with Crippen LogP contribution in [-0.4, -0.2) is 17.7 Å². The molecule has 0 aliphatic carbocycles. The van der Waals surface area contributed by atoms with Crippen LogP contribution in [0.3, 0.4) is 0 Å². The highest BCUT2D eigenvalue weighted by Crippen LogP contribution is 2.24. The fourth-order valence-electron chi connectivity index (χ4n) is 1.14. The maximum absolute atomic E-state index is 10.3. The van der Waals surface area contributed by atoms with Crippen LogP contribution < -0.4 is 10.5 Å². The first-order valence-electron chi connectivity index (χ1n) is 4.22. The van der Waals surface area contributed by atoms with E-state index in [1.165, 1.54) is 0 Å². The Kier molecular flexibility index (Phi) is 2.96. The third-order valence-electron chi connectivity index (χ3n) is 1.91. The highest BCUT2D eigenvalue weighted by molar-refractivity contribution is 5.68. The number of hydrogen-bond acceptors (Lipinski definition) is 3. The summed E-state index contributed by atoms with van der Waals surface area (Å²) in [5, 5.41) is 8.43. The molecule has 76 valence electrons. The molecule has 0 saturated carbocycles. The molecule has 4 nitrogen and oxygen atoms in total. The van der Waals surface area contributed by atoms with E-state index in [1.54, 1.807) is 6.07 Å². The number of aliphatic carboxylic acids is 1. The lowest BCUT2D eigenvalue weighted by molar-refractivity contribution is -0.139. The van der Waals surface area contributed by atoms with Crippen LogP contribution in [0.25, 0.3) is 0 Å². The lowest BCUT2D eigenvalue weighted by Gasteiger charge is -2.09. The van der Waals surface area contributed by atoms with Gasteiger partial charge in [0.25, 0.3) is 0 Å². The normalized spacial score (nSPS) is 9.86. The fourth-order valence-corrected chi connectivity index (χ4v) is 1.14. The van der Waals surface area contributed by atoms with E-state index in [9.17, 15) is 4.79 Å². The van der Waals surface area contributed by atoms with Gasteiger partial charge in [0, 0.05) is 11.8 Å². The molecule has 0 atom stereocenters. The first kappa shape index (κ1) is 10.4. The molecule has 4 heteroatoms. The predicted molar refractivity (Wildman–Crippen MR) is 53.5 cm³/mol. The smallest absolute Gasteiger partial charge is 0.341 e. The average molecular weight is 195 g/mol. The van der Waals surface area contributed by atoms with E-state index in [0.717, 1.165) is 11.1 Å². The molecule has 0 saturated heterocycles. The number of hydrogen-bond donors (Lipinski definition) is 2. The van der Waals surface area contributed by atoms with Crippen molar-refractivity contribution in [1.29, 1.82) is 0 Å². The van der Waals surface area contributed by atoms with Crippen LogP contribution in [0, 0.1) is 13.8 Å². The van der Waals surface area contributed by atoms with Crippen molar-refractivity contribution in [3.05, 3.63) is 23.3 Å². The Labute approximate surface area is 82.3 Å². The van der Waals surface area contributed by atoms with Crippen LogP contribution in [0.1, 0.15) is 11.1 Å². The van der Waals surface area contributed by atoms with Gasteiger partial charge in [-0.15, -0.1) is 0 Å². The third kappa shape index (κ3) is 2.39. The van der Waals surface area contributed by atoms with Crippen molar-refractivity contribution >= 4 is 11.7 Å². The van der Waals surface area contributed by atoms with E-state index in [4.69, 9.17) is 15.6 Å². The van der Waals surface area contributed by atoms with Crippen molar-refractivity contribution in [1.82, 2.24) is 0 Å². The minimum Gasteiger partial charge on any atom is -0.482 e. The van der Waals surface area contributed by atoms with Gasteiger partial charge in [0.2, 0.25) is 0 Å². The Morgan fingerprint density at radius 1 is 1.43 bits per heavy atom. The fraction of sp³-hybridized carbons (Fsp3) is 0.300. The van der Waals surface area contributed by atoms with Crippen LogP contribution in [0.2, 0.25) is 0 Å². The molecule has 1 aromatic carbocycles. The maximum atomic E-state index is 10.3. The van der Waals surface area contributed by atoms with E-state index >= 15 is 0 Å². The number of benzene rings is 1. The number of carbonyl (C=O) groups is 1. The van der Waals surface area contributed by atoms with Gasteiger partial charge in [0.1, 0.15) is 5.75 Å². The SMILES string of the molecule is Cc1cc(C)c(OCC(=O)O)cc1N. The first-order valence-corrected chi connectivity index (χ1v) is 4.22. The van der Waals surface area contributed by atoms with E-state index in [1.807, 2.05) is 19.9 Å². The molecular formula is C10H13NO3. The van der Waals surface area contributed by atoms with Crippen LogP contribution in [-0.2, 0) is 4.79 Å². The lowest BCUT2D eigenvalue weighted by Crippen LogP contribution is -2.10. The number of carboxylic acids is 1. The monoisotopic (exact) mass is 195 g/mol. The number of nitrogens with two attached hydrogens (primary N) is 1. The second-order valence-electron chi connectivity index (χ2n) is 3.16. The Morgan fingerprint density at radius 2 is 2.07 bits per heavy atom. The zero-order chi connectivity index (χ0) is 10.7. The standard InChI is InChI=1S/C10H13NO3/c1-6-3-7(2)9(4-8(6)11)14-5-10(12)13/h3-4H,5,11H2,1-2H3,(H,12,13). The zero-order valence-corrected chi connectivity index (χ0v) is 8.20. The third-order valence-corrected chi connectivity index (χ3v) is 1.91. The first-order chi connectivity index (χ1) is 6.50. The van der Waals surface area contributed by atoms with E-state index in [0.29, 0.717) is 11.4 Å². The van der Waals surface area contributed by atoms with Gasteiger partial charge >= 0.3 is 5.97 Å². The van der Waals surface area contributed by atoms with E-state index in [-0.39, 0.29) is 6.61 Å². The molecule has 0 radical (unpaired) electrons. The lowest BCUT2D eigenvalue weighted by atomic mass is 10.1. The zero-order valence-electron chi connectivity index (χ0n) is 8.20. The molecule has 3 N–H and O–H groups in total. The highest BCUT2D eigenvalue weighted by atomic mass is 16.5. The number of nitrogen functional groups attached to an aromatic ring is 1. The van der Waals surface area contributed by atoms with Crippen LogP contribution in [0.5, 0.6) is 5.75 Å². The summed E-state index contributed by atoms with van der Waals surface area (Å²) in [6.45, 7) is 3.40. The Balaban J connectivity index is 2.87. The van der Waals surface area contributed by atoms with Crippen LogP contribution in [0.4, 0.5) is 5.69 Å². The van der Waals surface area contributed by atoms with E-state index in [2.05, 4.69) is 0 Å². The summed E-state index contributed by atoms with van der Waals surface area (Å²) < 4.78 is 5.05. The molecule has 0 aromatic heterocycles. The molecule has 0 aliphatic rings. The maximum Gasteiger partial charge on any atom is 0.341 e. The second-order valence-corrected chi connectivity index (χ2v) is 3.16. The molecule has 0 amide bonds. The van der Waals surface area contributed by atoms with Crippen molar-refractivity contribution in [2.75, 3.05) is 12.3 Å². The minimum absolute atomic E-state index is 0.344. The largest absolute Gasteiger partial charge is 0.482 e. The predicted octanol–water partition coefficient (Wildman–Crippen LogP) is 1.35. The number of carboxylic acid groups (broad SMARTS) is 1. The van der Waals surface area contributed by atoms with Gasteiger partial charge < -0.3 is 15.6 Å². The molecule has 0 fully saturated rings.